The van der Waals surface area contributed by atoms with Gasteiger partial charge in [-0.25, -0.2) is 8.78 Å². The fourth-order valence-corrected chi connectivity index (χ4v) is 2.96. The van der Waals surface area contributed by atoms with Crippen LogP contribution in [0.15, 0.2) is 18.2 Å². The number of hydrogen-bond donors (Lipinski definition) is 2. The molecular formula is C16H23F2NO. The van der Waals surface area contributed by atoms with E-state index in [0.717, 1.165) is 37.3 Å². The van der Waals surface area contributed by atoms with Crippen LogP contribution in [0.3, 0.4) is 0 Å². The van der Waals surface area contributed by atoms with Crippen LogP contribution in [0, 0.1) is 17.0 Å². The van der Waals surface area contributed by atoms with E-state index in [-0.39, 0.29) is 18.1 Å². The van der Waals surface area contributed by atoms with Crippen LogP contribution in [0.25, 0.3) is 0 Å². The minimum Gasteiger partial charge on any atom is -0.396 e. The highest BCUT2D eigenvalue weighted by Gasteiger charge is 2.31. The first-order valence-corrected chi connectivity index (χ1v) is 7.35. The van der Waals surface area contributed by atoms with Crippen LogP contribution < -0.4 is 5.32 Å². The SMILES string of the molecule is CC(NCC1(CO)CCCCC1)c1ccc(F)c(F)c1. The number of aliphatic hydroxyl groups excluding tert-OH is 1. The molecule has 0 amide bonds. The van der Waals surface area contributed by atoms with Crippen LogP contribution in [0.2, 0.25) is 0 Å². The lowest BCUT2D eigenvalue weighted by molar-refractivity contribution is 0.0788. The van der Waals surface area contributed by atoms with Gasteiger partial charge in [-0.3, -0.25) is 0 Å². The highest BCUT2D eigenvalue weighted by Crippen LogP contribution is 2.35. The van der Waals surface area contributed by atoms with Crippen LogP contribution >= 0.6 is 0 Å². The summed E-state index contributed by atoms with van der Waals surface area (Å²) in [5.41, 5.74) is 0.679. The van der Waals surface area contributed by atoms with Crippen LogP contribution in [0.1, 0.15) is 50.6 Å². The summed E-state index contributed by atoms with van der Waals surface area (Å²) in [5.74, 6) is -1.63. The van der Waals surface area contributed by atoms with Crippen molar-refractivity contribution in [2.45, 2.75) is 45.1 Å². The number of halogens is 2. The minimum atomic E-state index is -0.819. The molecule has 112 valence electrons. The standard InChI is InChI=1S/C16H23F2NO/c1-12(13-5-6-14(17)15(18)9-13)19-10-16(11-20)7-3-2-4-8-16/h5-6,9,12,19-20H,2-4,7-8,10-11H2,1H3. The van der Waals surface area contributed by atoms with Gasteiger partial charge in [-0.1, -0.05) is 25.3 Å². The number of rotatable bonds is 5. The third-order valence-electron chi connectivity index (χ3n) is 4.48. The molecule has 1 aliphatic carbocycles. The number of hydrogen-bond acceptors (Lipinski definition) is 2. The van der Waals surface area contributed by atoms with Crippen molar-refractivity contribution in [1.82, 2.24) is 5.32 Å². The van der Waals surface area contributed by atoms with Gasteiger partial charge in [0.15, 0.2) is 11.6 Å². The van der Waals surface area contributed by atoms with E-state index in [9.17, 15) is 13.9 Å². The van der Waals surface area contributed by atoms with E-state index in [1.165, 1.54) is 12.5 Å². The highest BCUT2D eigenvalue weighted by atomic mass is 19.2. The monoisotopic (exact) mass is 283 g/mol. The Morgan fingerprint density at radius 2 is 1.90 bits per heavy atom. The summed E-state index contributed by atoms with van der Waals surface area (Å²) in [7, 11) is 0. The van der Waals surface area contributed by atoms with Crippen LogP contribution in [0.4, 0.5) is 8.78 Å². The Morgan fingerprint density at radius 1 is 1.20 bits per heavy atom. The van der Waals surface area contributed by atoms with Crippen molar-refractivity contribution < 1.29 is 13.9 Å². The lowest BCUT2D eigenvalue weighted by atomic mass is 9.74. The van der Waals surface area contributed by atoms with Crippen molar-refractivity contribution in [3.63, 3.8) is 0 Å². The first-order chi connectivity index (χ1) is 9.56. The lowest BCUT2D eigenvalue weighted by Crippen LogP contribution is -2.40. The summed E-state index contributed by atoms with van der Waals surface area (Å²) in [6, 6.07) is 3.93. The Morgan fingerprint density at radius 3 is 2.50 bits per heavy atom. The normalized spacial score (nSPS) is 19.8. The second-order valence-corrected chi connectivity index (χ2v) is 5.99. The second-order valence-electron chi connectivity index (χ2n) is 5.99. The Balaban J connectivity index is 1.96. The molecule has 1 aliphatic rings. The fourth-order valence-electron chi connectivity index (χ4n) is 2.96. The van der Waals surface area contributed by atoms with Crippen molar-refractivity contribution in [3.05, 3.63) is 35.4 Å². The summed E-state index contributed by atoms with van der Waals surface area (Å²) in [6.07, 6.45) is 5.60. The molecule has 1 atom stereocenters. The predicted molar refractivity (Wildman–Crippen MR) is 75.4 cm³/mol. The Hall–Kier alpha value is -1.00. The molecule has 1 aromatic rings. The summed E-state index contributed by atoms with van der Waals surface area (Å²) in [4.78, 5) is 0. The van der Waals surface area contributed by atoms with Gasteiger partial charge in [0.1, 0.15) is 0 Å². The van der Waals surface area contributed by atoms with Gasteiger partial charge in [-0.2, -0.15) is 0 Å². The highest BCUT2D eigenvalue weighted by molar-refractivity contribution is 5.20. The van der Waals surface area contributed by atoms with Gasteiger partial charge in [-0.05, 0) is 37.5 Å². The summed E-state index contributed by atoms with van der Waals surface area (Å²) in [5, 5.41) is 13.0. The molecule has 1 fully saturated rings. The average Bonchev–Trinajstić information content (AvgIpc) is 2.48. The Bertz CT molecular complexity index is 444. The number of aliphatic hydroxyl groups is 1. The maximum atomic E-state index is 13.2. The van der Waals surface area contributed by atoms with Crippen molar-refractivity contribution in [1.29, 1.82) is 0 Å². The third kappa shape index (κ3) is 3.55. The van der Waals surface area contributed by atoms with E-state index in [2.05, 4.69) is 5.32 Å². The minimum absolute atomic E-state index is 0.0505. The molecule has 2 rings (SSSR count). The molecule has 0 aliphatic heterocycles. The molecule has 0 spiro atoms. The average molecular weight is 283 g/mol. The zero-order chi connectivity index (χ0) is 14.6. The zero-order valence-corrected chi connectivity index (χ0v) is 12.0. The van der Waals surface area contributed by atoms with Gasteiger partial charge in [0.2, 0.25) is 0 Å². The van der Waals surface area contributed by atoms with Crippen molar-refractivity contribution in [2.24, 2.45) is 5.41 Å². The molecule has 1 unspecified atom stereocenters. The lowest BCUT2D eigenvalue weighted by Gasteiger charge is -2.36. The first-order valence-electron chi connectivity index (χ1n) is 7.35. The maximum absolute atomic E-state index is 13.2. The van der Waals surface area contributed by atoms with Gasteiger partial charge >= 0.3 is 0 Å². The van der Waals surface area contributed by atoms with E-state index in [4.69, 9.17) is 0 Å². The van der Waals surface area contributed by atoms with Gasteiger partial charge < -0.3 is 10.4 Å². The van der Waals surface area contributed by atoms with Gasteiger partial charge in [0, 0.05) is 24.6 Å². The number of nitrogens with one attached hydrogen (secondary N) is 1. The fraction of sp³-hybridized carbons (Fsp3) is 0.625. The summed E-state index contributed by atoms with van der Waals surface area (Å²) in [6.45, 7) is 2.83. The third-order valence-corrected chi connectivity index (χ3v) is 4.48. The Labute approximate surface area is 119 Å². The van der Waals surface area contributed by atoms with Crippen LogP contribution in [0.5, 0.6) is 0 Å². The molecule has 0 bridgehead atoms. The van der Waals surface area contributed by atoms with E-state index >= 15 is 0 Å². The van der Waals surface area contributed by atoms with Gasteiger partial charge in [-0.15, -0.1) is 0 Å². The van der Waals surface area contributed by atoms with Gasteiger partial charge in [0.25, 0.3) is 0 Å². The van der Waals surface area contributed by atoms with Gasteiger partial charge in [0.05, 0.1) is 0 Å². The van der Waals surface area contributed by atoms with Crippen LogP contribution in [-0.2, 0) is 0 Å². The molecular weight excluding hydrogens is 260 g/mol. The molecule has 0 saturated heterocycles. The second kappa shape index (κ2) is 6.64. The molecule has 1 saturated carbocycles. The smallest absolute Gasteiger partial charge is 0.159 e. The molecule has 0 heterocycles. The molecule has 0 radical (unpaired) electrons. The molecule has 2 N–H and O–H groups in total. The first kappa shape index (κ1) is 15.4. The number of benzene rings is 1. The van der Waals surface area contributed by atoms with Crippen molar-refractivity contribution >= 4 is 0 Å². The quantitative estimate of drug-likeness (QED) is 0.866. The van der Waals surface area contributed by atoms with E-state index in [0.29, 0.717) is 6.54 Å². The molecule has 4 heteroatoms. The van der Waals surface area contributed by atoms with Crippen molar-refractivity contribution in [2.75, 3.05) is 13.2 Å². The maximum Gasteiger partial charge on any atom is 0.159 e. The largest absolute Gasteiger partial charge is 0.396 e. The van der Waals surface area contributed by atoms with E-state index in [1.807, 2.05) is 6.92 Å². The Kier molecular flexibility index (Phi) is 5.11. The molecule has 0 aromatic heterocycles. The molecule has 20 heavy (non-hydrogen) atoms. The summed E-state index contributed by atoms with van der Waals surface area (Å²) >= 11 is 0. The van der Waals surface area contributed by atoms with Crippen molar-refractivity contribution in [3.8, 4) is 0 Å². The van der Waals surface area contributed by atoms with E-state index in [1.54, 1.807) is 6.07 Å². The predicted octanol–water partition coefficient (Wildman–Crippen LogP) is 3.56. The van der Waals surface area contributed by atoms with E-state index < -0.39 is 11.6 Å². The van der Waals surface area contributed by atoms with Crippen LogP contribution in [-0.4, -0.2) is 18.3 Å². The topological polar surface area (TPSA) is 32.3 Å². The zero-order valence-electron chi connectivity index (χ0n) is 12.0. The molecule has 1 aromatic carbocycles. The summed E-state index contributed by atoms with van der Waals surface area (Å²) < 4.78 is 26.2. The molecule has 2 nitrogen and oxygen atoms in total.